The number of thiophene rings is 1. The number of rotatable bonds is 7. The largest absolute Gasteiger partial charge is 0.396 e. The second-order valence-corrected chi connectivity index (χ2v) is 7.24. The monoisotopic (exact) mass is 323 g/mol. The van der Waals surface area contributed by atoms with Gasteiger partial charge in [0.1, 0.15) is 4.34 Å². The highest BCUT2D eigenvalue weighted by Crippen LogP contribution is 2.31. The number of nitrogens with one attached hydrogen (secondary N) is 1. The molecule has 0 aliphatic heterocycles. The van der Waals surface area contributed by atoms with Crippen molar-refractivity contribution in [2.24, 2.45) is 11.8 Å². The lowest BCUT2D eigenvalue weighted by molar-refractivity contribution is 0.0942. The first kappa shape index (κ1) is 16.8. The van der Waals surface area contributed by atoms with Gasteiger partial charge in [-0.25, -0.2) is 0 Å². The van der Waals surface area contributed by atoms with E-state index in [-0.39, 0.29) is 18.4 Å². The predicted molar refractivity (Wildman–Crippen MR) is 81.3 cm³/mol. The van der Waals surface area contributed by atoms with Crippen molar-refractivity contribution < 1.29 is 9.90 Å². The van der Waals surface area contributed by atoms with Gasteiger partial charge in [-0.15, -0.1) is 11.3 Å². The molecule has 1 heterocycles. The van der Waals surface area contributed by atoms with Crippen LogP contribution >= 0.6 is 34.5 Å². The van der Waals surface area contributed by atoms with Crippen molar-refractivity contribution in [3.8, 4) is 0 Å². The lowest BCUT2D eigenvalue weighted by Crippen LogP contribution is -2.30. The summed E-state index contributed by atoms with van der Waals surface area (Å²) in [5.74, 6) is 0.606. The molecule has 1 aromatic rings. The van der Waals surface area contributed by atoms with Gasteiger partial charge in [0.2, 0.25) is 0 Å². The molecule has 0 saturated heterocycles. The van der Waals surface area contributed by atoms with Crippen molar-refractivity contribution in [1.29, 1.82) is 0 Å². The summed E-state index contributed by atoms with van der Waals surface area (Å²) in [5, 5.41) is 11.9. The van der Waals surface area contributed by atoms with Gasteiger partial charge in [-0.1, -0.05) is 37.0 Å². The molecular formula is C13H19Cl2NO2S. The molecule has 1 aromatic heterocycles. The van der Waals surface area contributed by atoms with Crippen LogP contribution in [0.1, 0.15) is 37.0 Å². The lowest BCUT2D eigenvalue weighted by atomic mass is 9.94. The minimum absolute atomic E-state index is 0.137. The Kier molecular flexibility index (Phi) is 7.15. The zero-order valence-corrected chi connectivity index (χ0v) is 13.4. The van der Waals surface area contributed by atoms with Crippen LogP contribution in [0.5, 0.6) is 0 Å². The van der Waals surface area contributed by atoms with Crippen LogP contribution in [0.3, 0.4) is 0 Å². The molecule has 108 valence electrons. The molecule has 0 radical (unpaired) electrons. The summed E-state index contributed by atoms with van der Waals surface area (Å²) in [7, 11) is 0. The van der Waals surface area contributed by atoms with Crippen molar-refractivity contribution in [1.82, 2.24) is 5.32 Å². The van der Waals surface area contributed by atoms with Gasteiger partial charge in [0, 0.05) is 13.2 Å². The lowest BCUT2D eigenvalue weighted by Gasteiger charge is -2.18. The van der Waals surface area contributed by atoms with Crippen molar-refractivity contribution in [2.45, 2.75) is 26.7 Å². The van der Waals surface area contributed by atoms with Gasteiger partial charge < -0.3 is 10.4 Å². The molecule has 0 saturated carbocycles. The first-order valence-corrected chi connectivity index (χ1v) is 7.85. The van der Waals surface area contributed by atoms with Crippen molar-refractivity contribution in [3.05, 3.63) is 20.3 Å². The fourth-order valence-corrected chi connectivity index (χ4v) is 3.44. The average Bonchev–Trinajstić information content (AvgIpc) is 2.64. The Hall–Kier alpha value is -0.290. The van der Waals surface area contributed by atoms with E-state index in [2.05, 4.69) is 19.2 Å². The number of hydrogen-bond donors (Lipinski definition) is 2. The Morgan fingerprint density at radius 2 is 2.16 bits per heavy atom. The summed E-state index contributed by atoms with van der Waals surface area (Å²) in [6.45, 7) is 4.93. The number of carbonyl (C=O) groups excluding carboxylic acids is 1. The molecule has 0 bridgehead atoms. The third-order valence-electron chi connectivity index (χ3n) is 2.79. The zero-order valence-electron chi connectivity index (χ0n) is 11.1. The number of aliphatic hydroxyl groups is 1. The fraction of sp³-hybridized carbons (Fsp3) is 0.615. The Labute approximate surface area is 127 Å². The number of halogens is 2. The number of amides is 1. The molecule has 1 atom stereocenters. The molecule has 1 amide bonds. The van der Waals surface area contributed by atoms with Gasteiger partial charge in [0.25, 0.3) is 5.91 Å². The van der Waals surface area contributed by atoms with Crippen LogP contribution in [0.25, 0.3) is 0 Å². The van der Waals surface area contributed by atoms with E-state index in [1.165, 1.54) is 11.3 Å². The normalized spacial score (nSPS) is 12.7. The molecule has 1 rings (SSSR count). The van der Waals surface area contributed by atoms with Gasteiger partial charge in [-0.3, -0.25) is 4.79 Å². The van der Waals surface area contributed by atoms with Gasteiger partial charge >= 0.3 is 0 Å². The minimum atomic E-state index is -0.208. The third kappa shape index (κ3) is 5.69. The standard InChI is InChI=1S/C13H19Cl2NO2S/c1-8(2)5-9(3-4-17)7-16-13(18)10-6-11(14)19-12(10)15/h6,8-9,17H,3-5,7H2,1-2H3,(H,16,18). The number of aliphatic hydroxyl groups excluding tert-OH is 1. The van der Waals surface area contributed by atoms with Crippen molar-refractivity contribution >= 4 is 40.4 Å². The average molecular weight is 324 g/mol. The molecule has 0 aromatic carbocycles. The summed E-state index contributed by atoms with van der Waals surface area (Å²) < 4.78 is 0.911. The molecule has 1 unspecified atom stereocenters. The number of hydrogen-bond acceptors (Lipinski definition) is 3. The van der Waals surface area contributed by atoms with Gasteiger partial charge in [0.15, 0.2) is 0 Å². The molecule has 3 nitrogen and oxygen atoms in total. The minimum Gasteiger partial charge on any atom is -0.396 e. The fourth-order valence-electron chi connectivity index (χ4n) is 1.98. The van der Waals surface area contributed by atoms with E-state index in [9.17, 15) is 4.79 Å². The van der Waals surface area contributed by atoms with E-state index < -0.39 is 0 Å². The summed E-state index contributed by atoms with van der Waals surface area (Å²) >= 11 is 12.9. The molecule has 6 heteroatoms. The summed E-state index contributed by atoms with van der Waals surface area (Å²) in [4.78, 5) is 12.0. The van der Waals surface area contributed by atoms with Gasteiger partial charge in [-0.2, -0.15) is 0 Å². The Morgan fingerprint density at radius 3 is 2.63 bits per heavy atom. The maximum atomic E-state index is 12.0. The second kappa shape index (κ2) is 8.10. The highest BCUT2D eigenvalue weighted by atomic mass is 35.5. The molecule has 19 heavy (non-hydrogen) atoms. The molecule has 0 spiro atoms. The van der Waals surface area contributed by atoms with Crippen molar-refractivity contribution in [3.63, 3.8) is 0 Å². The van der Waals surface area contributed by atoms with E-state index in [4.69, 9.17) is 28.3 Å². The van der Waals surface area contributed by atoms with Gasteiger partial charge in [-0.05, 0) is 30.7 Å². The van der Waals surface area contributed by atoms with Crippen LogP contribution < -0.4 is 5.32 Å². The highest BCUT2D eigenvalue weighted by molar-refractivity contribution is 7.20. The maximum absolute atomic E-state index is 12.0. The summed E-state index contributed by atoms with van der Waals surface area (Å²) in [6, 6.07) is 1.58. The van der Waals surface area contributed by atoms with Crippen LogP contribution in [0.15, 0.2) is 6.07 Å². The smallest absolute Gasteiger partial charge is 0.253 e. The maximum Gasteiger partial charge on any atom is 0.253 e. The Morgan fingerprint density at radius 1 is 1.47 bits per heavy atom. The number of carbonyl (C=O) groups is 1. The van der Waals surface area contributed by atoms with Gasteiger partial charge in [0.05, 0.1) is 9.90 Å². The zero-order chi connectivity index (χ0) is 14.4. The molecule has 0 fully saturated rings. The van der Waals surface area contributed by atoms with E-state index in [1.807, 2.05) is 0 Å². The quantitative estimate of drug-likeness (QED) is 0.801. The van der Waals surface area contributed by atoms with Crippen LogP contribution in [0.4, 0.5) is 0 Å². The third-order valence-corrected chi connectivity index (χ3v) is 4.28. The highest BCUT2D eigenvalue weighted by Gasteiger charge is 2.16. The van der Waals surface area contributed by atoms with Crippen LogP contribution in [-0.2, 0) is 0 Å². The van der Waals surface area contributed by atoms with Crippen LogP contribution in [0.2, 0.25) is 8.67 Å². The summed E-state index contributed by atoms with van der Waals surface area (Å²) in [6.07, 6.45) is 1.66. The van der Waals surface area contributed by atoms with E-state index in [0.717, 1.165) is 6.42 Å². The topological polar surface area (TPSA) is 49.3 Å². The van der Waals surface area contributed by atoms with Crippen molar-refractivity contribution in [2.75, 3.05) is 13.2 Å². The van der Waals surface area contributed by atoms with Crippen LogP contribution in [0, 0.1) is 11.8 Å². The molecule has 2 N–H and O–H groups in total. The molecular weight excluding hydrogens is 305 g/mol. The molecule has 0 aliphatic rings. The SMILES string of the molecule is CC(C)CC(CCO)CNC(=O)c1cc(Cl)sc1Cl. The predicted octanol–water partition coefficient (Wildman–Crippen LogP) is 3.83. The Bertz CT molecular complexity index is 421. The first-order valence-electron chi connectivity index (χ1n) is 6.28. The second-order valence-electron chi connectivity index (χ2n) is 4.96. The van der Waals surface area contributed by atoms with E-state index in [1.54, 1.807) is 6.07 Å². The first-order chi connectivity index (χ1) is 8.93. The van der Waals surface area contributed by atoms with E-state index in [0.29, 0.717) is 33.1 Å². The summed E-state index contributed by atoms with van der Waals surface area (Å²) in [5.41, 5.74) is 0.420. The van der Waals surface area contributed by atoms with Crippen LogP contribution in [-0.4, -0.2) is 24.2 Å². The van der Waals surface area contributed by atoms with E-state index >= 15 is 0 Å². The molecule has 0 aliphatic carbocycles. The Balaban J connectivity index is 2.54.